The van der Waals surface area contributed by atoms with Gasteiger partial charge in [0, 0.05) is 23.1 Å². The molecule has 5 rings (SSSR count). The van der Waals surface area contributed by atoms with Crippen molar-refractivity contribution in [1.29, 1.82) is 0 Å². The number of anilines is 2. The summed E-state index contributed by atoms with van der Waals surface area (Å²) in [6.45, 7) is 3.43. The van der Waals surface area contributed by atoms with Crippen LogP contribution in [0, 0.1) is 0 Å². The number of carbonyl (C=O) groups excluding carboxylic acids is 1. The summed E-state index contributed by atoms with van der Waals surface area (Å²) in [6.07, 6.45) is 5.98. The molecule has 0 atom stereocenters. The number of benzene rings is 2. The van der Waals surface area contributed by atoms with Crippen LogP contribution < -0.4 is 10.2 Å². The summed E-state index contributed by atoms with van der Waals surface area (Å²) >= 11 is 12.4. The lowest BCUT2D eigenvalue weighted by molar-refractivity contribution is 0.0116. The van der Waals surface area contributed by atoms with E-state index in [1.54, 1.807) is 35.3 Å². The molecule has 2 aromatic heterocycles. The van der Waals surface area contributed by atoms with Crippen LogP contribution in [0.3, 0.4) is 0 Å². The Balaban J connectivity index is 1.27. The second-order valence-corrected chi connectivity index (χ2v) is 10.4. The third-order valence-electron chi connectivity index (χ3n) is 6.92. The van der Waals surface area contributed by atoms with E-state index >= 15 is 0 Å². The maximum atomic E-state index is 13.2. The number of nitrogens with one attached hydrogen (secondary N) is 1. The van der Waals surface area contributed by atoms with Crippen LogP contribution in [0.4, 0.5) is 11.5 Å². The zero-order chi connectivity index (χ0) is 26.7. The molecular formula is C29H29Cl2N5O2. The Labute approximate surface area is 232 Å². The number of aliphatic hydroxyl groups is 1. The van der Waals surface area contributed by atoms with Gasteiger partial charge in [0.1, 0.15) is 5.82 Å². The quantitative estimate of drug-likeness (QED) is 0.284. The van der Waals surface area contributed by atoms with Gasteiger partial charge in [-0.2, -0.15) is 5.10 Å². The molecule has 1 aliphatic rings. The lowest BCUT2D eigenvalue weighted by Gasteiger charge is -2.39. The maximum Gasteiger partial charge on any atom is 0.259 e. The van der Waals surface area contributed by atoms with Gasteiger partial charge >= 0.3 is 0 Å². The molecule has 4 aromatic rings. The molecule has 3 heterocycles. The number of pyridine rings is 1. The van der Waals surface area contributed by atoms with E-state index in [0.29, 0.717) is 59.3 Å². The van der Waals surface area contributed by atoms with Gasteiger partial charge in [0.05, 0.1) is 40.6 Å². The number of nitrogens with zero attached hydrogens (tertiary/aromatic N) is 4. The summed E-state index contributed by atoms with van der Waals surface area (Å²) in [5.41, 5.74) is 2.71. The Morgan fingerprint density at radius 3 is 2.37 bits per heavy atom. The van der Waals surface area contributed by atoms with Gasteiger partial charge in [-0.3, -0.25) is 4.79 Å². The molecule has 196 valence electrons. The van der Waals surface area contributed by atoms with Crippen LogP contribution >= 0.6 is 23.2 Å². The standard InChI is InChI=1S/C29H29Cl2N5O2/c1-2-6-26-25(19-33-36(26)24-16-21(30)15-22(31)17-24)28(37)34-23-9-10-27(32-18-23)35-13-11-29(38,12-14-35)20-7-4-3-5-8-20/h3-5,7-10,15-19,38H,2,6,11-14H2,1H3,(H,34,37). The van der Waals surface area contributed by atoms with E-state index in [1.807, 2.05) is 49.4 Å². The van der Waals surface area contributed by atoms with E-state index in [1.165, 1.54) is 0 Å². The highest BCUT2D eigenvalue weighted by Crippen LogP contribution is 2.34. The molecule has 38 heavy (non-hydrogen) atoms. The zero-order valence-corrected chi connectivity index (χ0v) is 22.6. The fourth-order valence-corrected chi connectivity index (χ4v) is 5.43. The van der Waals surface area contributed by atoms with Crippen LogP contribution in [0.1, 0.15) is 47.8 Å². The Hall–Kier alpha value is -3.39. The van der Waals surface area contributed by atoms with Crippen molar-refractivity contribution in [2.45, 2.75) is 38.2 Å². The predicted molar refractivity (Wildman–Crippen MR) is 152 cm³/mol. The second kappa shape index (κ2) is 11.2. The number of carbonyl (C=O) groups is 1. The molecule has 9 heteroatoms. The zero-order valence-electron chi connectivity index (χ0n) is 21.1. The molecule has 0 bridgehead atoms. The molecule has 1 fully saturated rings. The van der Waals surface area contributed by atoms with Gasteiger partial charge in [-0.05, 0) is 55.2 Å². The Morgan fingerprint density at radius 2 is 1.74 bits per heavy atom. The molecule has 0 aliphatic carbocycles. The van der Waals surface area contributed by atoms with Crippen molar-refractivity contribution >= 4 is 40.6 Å². The summed E-state index contributed by atoms with van der Waals surface area (Å²) in [4.78, 5) is 19.9. The highest BCUT2D eigenvalue weighted by atomic mass is 35.5. The molecular weight excluding hydrogens is 521 g/mol. The summed E-state index contributed by atoms with van der Waals surface area (Å²) in [5.74, 6) is 0.559. The minimum Gasteiger partial charge on any atom is -0.385 e. The normalized spacial score (nSPS) is 14.9. The maximum absolute atomic E-state index is 13.2. The predicted octanol–water partition coefficient (Wildman–Crippen LogP) is 6.27. The van der Waals surface area contributed by atoms with Gasteiger partial charge in [0.2, 0.25) is 0 Å². The smallest absolute Gasteiger partial charge is 0.259 e. The number of amides is 1. The van der Waals surface area contributed by atoms with Crippen molar-refractivity contribution in [1.82, 2.24) is 14.8 Å². The summed E-state index contributed by atoms with van der Waals surface area (Å²) in [7, 11) is 0. The van der Waals surface area contributed by atoms with Crippen LogP contribution in [0.2, 0.25) is 10.0 Å². The van der Waals surface area contributed by atoms with Gasteiger partial charge in [0.25, 0.3) is 5.91 Å². The third kappa shape index (κ3) is 5.55. The molecule has 1 saturated heterocycles. The van der Waals surface area contributed by atoms with E-state index in [0.717, 1.165) is 23.5 Å². The first-order chi connectivity index (χ1) is 18.4. The number of hydrogen-bond donors (Lipinski definition) is 2. The van der Waals surface area contributed by atoms with Crippen LogP contribution in [0.15, 0.2) is 73.1 Å². The average Bonchev–Trinajstić information content (AvgIpc) is 3.34. The SMILES string of the molecule is CCCc1c(C(=O)Nc2ccc(N3CCC(O)(c4ccccc4)CC3)nc2)cnn1-c1cc(Cl)cc(Cl)c1. The van der Waals surface area contributed by atoms with Gasteiger partial charge in [0.15, 0.2) is 0 Å². The summed E-state index contributed by atoms with van der Waals surface area (Å²) in [6, 6.07) is 18.8. The summed E-state index contributed by atoms with van der Waals surface area (Å²) in [5, 5.41) is 19.5. The molecule has 7 nitrogen and oxygen atoms in total. The molecule has 1 amide bonds. The minimum atomic E-state index is -0.817. The fraction of sp³-hybridized carbons (Fsp3) is 0.276. The Kier molecular flexibility index (Phi) is 7.70. The monoisotopic (exact) mass is 549 g/mol. The molecule has 2 aromatic carbocycles. The topological polar surface area (TPSA) is 83.3 Å². The highest BCUT2D eigenvalue weighted by Gasteiger charge is 2.34. The molecule has 2 N–H and O–H groups in total. The Morgan fingerprint density at radius 1 is 1.03 bits per heavy atom. The number of hydrogen-bond acceptors (Lipinski definition) is 5. The Bertz CT molecular complexity index is 1390. The van der Waals surface area contributed by atoms with Crippen LogP contribution in [0.5, 0.6) is 0 Å². The first-order valence-corrected chi connectivity index (χ1v) is 13.5. The minimum absolute atomic E-state index is 0.256. The van der Waals surface area contributed by atoms with Crippen LogP contribution in [0.25, 0.3) is 5.69 Å². The largest absolute Gasteiger partial charge is 0.385 e. The number of aromatic nitrogens is 3. The molecule has 0 unspecified atom stereocenters. The number of piperidine rings is 1. The van der Waals surface area contributed by atoms with E-state index in [4.69, 9.17) is 23.2 Å². The van der Waals surface area contributed by atoms with Crippen LogP contribution in [-0.4, -0.2) is 38.9 Å². The van der Waals surface area contributed by atoms with Gasteiger partial charge in [-0.25, -0.2) is 9.67 Å². The first-order valence-electron chi connectivity index (χ1n) is 12.7. The van der Waals surface area contributed by atoms with Crippen molar-refractivity contribution in [2.24, 2.45) is 0 Å². The van der Waals surface area contributed by atoms with Crippen molar-refractivity contribution < 1.29 is 9.90 Å². The molecule has 0 saturated carbocycles. The van der Waals surface area contributed by atoms with E-state index in [9.17, 15) is 9.90 Å². The number of rotatable bonds is 7. The molecule has 0 spiro atoms. The van der Waals surface area contributed by atoms with Crippen molar-refractivity contribution in [3.05, 3.63) is 99.9 Å². The third-order valence-corrected chi connectivity index (χ3v) is 7.36. The lowest BCUT2D eigenvalue weighted by atomic mass is 9.84. The van der Waals surface area contributed by atoms with Gasteiger partial charge in [-0.1, -0.05) is 66.9 Å². The molecule has 0 radical (unpaired) electrons. The highest BCUT2D eigenvalue weighted by molar-refractivity contribution is 6.34. The van der Waals surface area contributed by atoms with Crippen molar-refractivity contribution in [3.8, 4) is 5.69 Å². The number of halogens is 2. The van der Waals surface area contributed by atoms with E-state index in [-0.39, 0.29) is 5.91 Å². The lowest BCUT2D eigenvalue weighted by Crippen LogP contribution is -2.42. The average molecular weight is 550 g/mol. The van der Waals surface area contributed by atoms with Gasteiger partial charge in [-0.15, -0.1) is 0 Å². The second-order valence-electron chi connectivity index (χ2n) is 9.54. The summed E-state index contributed by atoms with van der Waals surface area (Å²) < 4.78 is 1.71. The fourth-order valence-electron chi connectivity index (χ4n) is 4.91. The van der Waals surface area contributed by atoms with Gasteiger partial charge < -0.3 is 15.3 Å². The van der Waals surface area contributed by atoms with Crippen LogP contribution in [-0.2, 0) is 12.0 Å². The van der Waals surface area contributed by atoms with Crippen molar-refractivity contribution in [3.63, 3.8) is 0 Å². The van der Waals surface area contributed by atoms with E-state index < -0.39 is 5.60 Å². The van der Waals surface area contributed by atoms with E-state index in [2.05, 4.69) is 20.3 Å². The molecule has 1 aliphatic heterocycles. The first kappa shape index (κ1) is 26.2. The van der Waals surface area contributed by atoms with Crippen molar-refractivity contribution in [2.75, 3.05) is 23.3 Å².